The number of esters is 1. The number of hydrogen-bond acceptors (Lipinski definition) is 4. The van der Waals surface area contributed by atoms with Crippen LogP contribution >= 0.6 is 0 Å². The Kier molecular flexibility index (Phi) is 3.87. The van der Waals surface area contributed by atoms with Crippen molar-refractivity contribution in [3.8, 4) is 0 Å². The zero-order valence-electron chi connectivity index (χ0n) is 6.29. The van der Waals surface area contributed by atoms with Gasteiger partial charge in [-0.3, -0.25) is 9.59 Å². The summed E-state index contributed by atoms with van der Waals surface area (Å²) >= 11 is 0. The van der Waals surface area contributed by atoms with Crippen LogP contribution in [0.2, 0.25) is 0 Å². The summed E-state index contributed by atoms with van der Waals surface area (Å²) in [4.78, 5) is 31.2. The number of hydrogen-bond donors (Lipinski definition) is 1. The third kappa shape index (κ3) is 2.79. The lowest BCUT2D eigenvalue weighted by atomic mass is 10.2. The van der Waals surface area contributed by atoms with Crippen LogP contribution in [0.5, 0.6) is 0 Å². The molecule has 0 saturated heterocycles. The average molecular weight is 159 g/mol. The molecule has 62 valence electrons. The number of ether oxygens (including phenoxy) is 1. The predicted molar refractivity (Wildman–Crippen MR) is 35.7 cm³/mol. The molecular weight excluding hydrogens is 150 g/mol. The zero-order valence-corrected chi connectivity index (χ0v) is 6.29. The summed E-state index contributed by atoms with van der Waals surface area (Å²) in [6.07, 6.45) is 0.281. The highest BCUT2D eigenvalue weighted by Gasteiger charge is 2.22. The van der Waals surface area contributed by atoms with Gasteiger partial charge >= 0.3 is 5.97 Å². The molecule has 0 aliphatic heterocycles. The van der Waals surface area contributed by atoms with E-state index in [1.807, 2.05) is 5.32 Å². The molecule has 1 atom stereocenters. The molecule has 0 saturated carbocycles. The van der Waals surface area contributed by atoms with Gasteiger partial charge in [0.2, 0.25) is 6.41 Å². The van der Waals surface area contributed by atoms with E-state index >= 15 is 0 Å². The quantitative estimate of drug-likeness (QED) is 0.320. The van der Waals surface area contributed by atoms with Gasteiger partial charge in [-0.1, -0.05) is 0 Å². The van der Waals surface area contributed by atoms with Crippen LogP contribution in [-0.4, -0.2) is 31.3 Å². The topological polar surface area (TPSA) is 72.5 Å². The number of ketones is 1. The maximum atomic E-state index is 10.7. The maximum absolute atomic E-state index is 10.7. The molecule has 11 heavy (non-hydrogen) atoms. The first-order valence-electron chi connectivity index (χ1n) is 2.91. The molecule has 0 rings (SSSR count). The molecule has 5 heteroatoms. The molecule has 0 aliphatic carbocycles. The number of nitrogens with one attached hydrogen (secondary N) is 1. The van der Waals surface area contributed by atoms with E-state index in [2.05, 4.69) is 4.74 Å². The largest absolute Gasteiger partial charge is 0.467 e. The molecule has 0 aromatic heterocycles. The van der Waals surface area contributed by atoms with Gasteiger partial charge < -0.3 is 10.1 Å². The zero-order chi connectivity index (χ0) is 8.85. The summed E-state index contributed by atoms with van der Waals surface area (Å²) < 4.78 is 4.25. The second-order valence-electron chi connectivity index (χ2n) is 1.85. The van der Waals surface area contributed by atoms with Crippen molar-refractivity contribution in [2.45, 2.75) is 13.0 Å². The van der Waals surface area contributed by atoms with Gasteiger partial charge in [-0.2, -0.15) is 0 Å². The Hall–Kier alpha value is -1.39. The van der Waals surface area contributed by atoms with E-state index < -0.39 is 17.8 Å². The summed E-state index contributed by atoms with van der Waals surface area (Å²) in [6, 6.07) is -1.17. The summed E-state index contributed by atoms with van der Waals surface area (Å²) in [7, 11) is 1.14. The van der Waals surface area contributed by atoms with Crippen LogP contribution in [0.15, 0.2) is 0 Å². The number of amides is 1. The smallest absolute Gasteiger partial charge is 0.336 e. The molecular formula is C6H9NO4. The van der Waals surface area contributed by atoms with Crippen LogP contribution in [0.25, 0.3) is 0 Å². The van der Waals surface area contributed by atoms with E-state index in [1.54, 1.807) is 0 Å². The molecule has 0 fully saturated rings. The van der Waals surface area contributed by atoms with Gasteiger partial charge in [-0.15, -0.1) is 0 Å². The summed E-state index contributed by atoms with van der Waals surface area (Å²) in [5, 5.41) is 2.03. The molecule has 0 heterocycles. The number of carbonyl (C=O) groups is 3. The number of rotatable bonds is 4. The van der Waals surface area contributed by atoms with Gasteiger partial charge in [-0.05, 0) is 6.92 Å². The maximum Gasteiger partial charge on any atom is 0.336 e. The lowest BCUT2D eigenvalue weighted by Gasteiger charge is -2.08. The molecule has 0 aromatic carbocycles. The Labute approximate surface area is 63.7 Å². The minimum Gasteiger partial charge on any atom is -0.467 e. The number of Topliss-reactive ketones (excluding diaryl/α,β-unsaturated/α-hetero) is 1. The first-order valence-corrected chi connectivity index (χ1v) is 2.91. The lowest BCUT2D eigenvalue weighted by Crippen LogP contribution is -2.42. The molecule has 0 aromatic rings. The van der Waals surface area contributed by atoms with Crippen LogP contribution < -0.4 is 5.32 Å². The van der Waals surface area contributed by atoms with E-state index in [9.17, 15) is 14.4 Å². The third-order valence-electron chi connectivity index (χ3n) is 1.08. The van der Waals surface area contributed by atoms with Crippen molar-refractivity contribution in [2.24, 2.45) is 0 Å². The van der Waals surface area contributed by atoms with Gasteiger partial charge in [0.25, 0.3) is 0 Å². The Morgan fingerprint density at radius 3 is 2.36 bits per heavy atom. The van der Waals surface area contributed by atoms with Crippen molar-refractivity contribution < 1.29 is 19.1 Å². The van der Waals surface area contributed by atoms with Gasteiger partial charge in [-0.25, -0.2) is 4.79 Å². The fourth-order valence-electron chi connectivity index (χ4n) is 0.537. The Bertz CT molecular complexity index is 177. The fourth-order valence-corrected chi connectivity index (χ4v) is 0.537. The molecule has 5 nitrogen and oxygen atoms in total. The van der Waals surface area contributed by atoms with Crippen LogP contribution in [0.4, 0.5) is 0 Å². The van der Waals surface area contributed by atoms with E-state index in [0.29, 0.717) is 0 Å². The second kappa shape index (κ2) is 4.43. The third-order valence-corrected chi connectivity index (χ3v) is 1.08. The minimum atomic E-state index is -1.17. The van der Waals surface area contributed by atoms with Crippen molar-refractivity contribution in [3.05, 3.63) is 0 Å². The average Bonchev–Trinajstić information content (AvgIpc) is 1.98. The molecule has 0 spiro atoms. The highest BCUT2D eigenvalue weighted by Crippen LogP contribution is 1.87. The minimum absolute atomic E-state index is 0.281. The summed E-state index contributed by atoms with van der Waals surface area (Å²) in [5.41, 5.74) is 0. The van der Waals surface area contributed by atoms with Crippen LogP contribution in [0, 0.1) is 0 Å². The molecule has 0 bridgehead atoms. The highest BCUT2D eigenvalue weighted by atomic mass is 16.5. The molecule has 0 unspecified atom stereocenters. The highest BCUT2D eigenvalue weighted by molar-refractivity contribution is 6.03. The Morgan fingerprint density at radius 2 is 2.09 bits per heavy atom. The molecule has 1 amide bonds. The fraction of sp³-hybridized carbons (Fsp3) is 0.500. The van der Waals surface area contributed by atoms with Gasteiger partial charge in [0.05, 0.1) is 7.11 Å². The van der Waals surface area contributed by atoms with Crippen molar-refractivity contribution in [1.29, 1.82) is 0 Å². The first-order chi connectivity index (χ1) is 5.13. The molecule has 1 N–H and O–H groups in total. The van der Waals surface area contributed by atoms with Gasteiger partial charge in [0.15, 0.2) is 11.8 Å². The SMILES string of the molecule is COC(=O)[C@@H](NC=O)C(C)=O. The van der Waals surface area contributed by atoms with Crippen molar-refractivity contribution in [3.63, 3.8) is 0 Å². The van der Waals surface area contributed by atoms with Crippen molar-refractivity contribution >= 4 is 18.2 Å². The second-order valence-corrected chi connectivity index (χ2v) is 1.85. The standard InChI is InChI=1S/C6H9NO4/c1-4(9)5(7-3-8)6(10)11-2/h3,5H,1-2H3,(H,7,8)/t5-/m0/s1. The van der Waals surface area contributed by atoms with E-state index in [0.717, 1.165) is 7.11 Å². The van der Waals surface area contributed by atoms with Crippen molar-refractivity contribution in [2.75, 3.05) is 7.11 Å². The monoisotopic (exact) mass is 159 g/mol. The normalized spacial score (nSPS) is 11.5. The Balaban J connectivity index is 4.20. The predicted octanol–water partition coefficient (Wildman–Crippen LogP) is -1.14. The number of carbonyl (C=O) groups excluding carboxylic acids is 3. The Morgan fingerprint density at radius 1 is 1.55 bits per heavy atom. The number of methoxy groups -OCH3 is 1. The molecule has 0 aliphatic rings. The van der Waals surface area contributed by atoms with Crippen LogP contribution in [0.3, 0.4) is 0 Å². The molecule has 0 radical (unpaired) electrons. The van der Waals surface area contributed by atoms with Crippen LogP contribution in [-0.2, 0) is 19.1 Å². The van der Waals surface area contributed by atoms with E-state index in [4.69, 9.17) is 0 Å². The van der Waals surface area contributed by atoms with E-state index in [1.165, 1.54) is 6.92 Å². The van der Waals surface area contributed by atoms with Gasteiger partial charge in [0, 0.05) is 0 Å². The summed E-state index contributed by atoms with van der Waals surface area (Å²) in [5.74, 6) is -1.21. The lowest BCUT2D eigenvalue weighted by molar-refractivity contribution is -0.147. The van der Waals surface area contributed by atoms with E-state index in [-0.39, 0.29) is 6.41 Å². The first kappa shape index (κ1) is 9.61. The van der Waals surface area contributed by atoms with Gasteiger partial charge in [0.1, 0.15) is 0 Å². The van der Waals surface area contributed by atoms with Crippen molar-refractivity contribution in [1.82, 2.24) is 5.32 Å². The summed E-state index contributed by atoms with van der Waals surface area (Å²) in [6.45, 7) is 1.19. The van der Waals surface area contributed by atoms with Crippen LogP contribution in [0.1, 0.15) is 6.92 Å².